The molecular formula is C18H18ClF3N2O5S. The van der Waals surface area contributed by atoms with E-state index in [0.29, 0.717) is 6.07 Å². The SMILES string of the molecule is COc1cc(C(=O)Nc2cc(C(F)(F)F)ccc2Cl)c(N(C)S(C)(=O)=O)cc1OC. The van der Waals surface area contributed by atoms with E-state index in [2.05, 4.69) is 5.32 Å². The van der Waals surface area contributed by atoms with Crippen LogP contribution >= 0.6 is 11.6 Å². The van der Waals surface area contributed by atoms with Gasteiger partial charge in [-0.05, 0) is 24.3 Å². The van der Waals surface area contributed by atoms with Crippen molar-refractivity contribution in [1.29, 1.82) is 0 Å². The third kappa shape index (κ3) is 5.08. The van der Waals surface area contributed by atoms with Gasteiger partial charge in [0.15, 0.2) is 11.5 Å². The van der Waals surface area contributed by atoms with Gasteiger partial charge >= 0.3 is 6.18 Å². The van der Waals surface area contributed by atoms with Gasteiger partial charge in [0.2, 0.25) is 10.0 Å². The van der Waals surface area contributed by atoms with Crippen LogP contribution in [0, 0.1) is 0 Å². The molecule has 0 aliphatic heterocycles. The third-order valence-corrected chi connectivity index (χ3v) is 5.65. The predicted molar refractivity (Wildman–Crippen MR) is 107 cm³/mol. The molecule has 0 aliphatic rings. The molecule has 0 unspecified atom stereocenters. The molecule has 0 radical (unpaired) electrons. The van der Waals surface area contributed by atoms with E-state index in [9.17, 15) is 26.4 Å². The van der Waals surface area contributed by atoms with E-state index in [1.165, 1.54) is 33.4 Å². The van der Waals surface area contributed by atoms with Gasteiger partial charge in [0, 0.05) is 13.1 Å². The fourth-order valence-corrected chi connectivity index (χ4v) is 3.15. The molecule has 12 heteroatoms. The van der Waals surface area contributed by atoms with E-state index in [0.717, 1.165) is 22.7 Å². The highest BCUT2D eigenvalue weighted by Gasteiger charge is 2.31. The number of anilines is 2. The van der Waals surface area contributed by atoms with Gasteiger partial charge in [-0.15, -0.1) is 0 Å². The van der Waals surface area contributed by atoms with Gasteiger partial charge in [0.1, 0.15) is 0 Å². The predicted octanol–water partition coefficient (Wildman–Crippen LogP) is 4.02. The van der Waals surface area contributed by atoms with Crippen molar-refractivity contribution in [3.8, 4) is 11.5 Å². The fourth-order valence-electron chi connectivity index (χ4n) is 2.48. The summed E-state index contributed by atoms with van der Waals surface area (Å²) in [5, 5.41) is 2.16. The molecule has 7 nitrogen and oxygen atoms in total. The van der Waals surface area contributed by atoms with Crippen LogP contribution in [0.15, 0.2) is 30.3 Å². The normalized spacial score (nSPS) is 11.7. The number of hydrogen-bond donors (Lipinski definition) is 1. The van der Waals surface area contributed by atoms with E-state index in [1.807, 2.05) is 0 Å². The average Bonchev–Trinajstić information content (AvgIpc) is 2.66. The fraction of sp³-hybridized carbons (Fsp3) is 0.278. The van der Waals surface area contributed by atoms with Gasteiger partial charge in [-0.1, -0.05) is 11.6 Å². The molecule has 0 aliphatic carbocycles. The van der Waals surface area contributed by atoms with Crippen molar-refractivity contribution >= 4 is 38.9 Å². The number of hydrogen-bond acceptors (Lipinski definition) is 5. The van der Waals surface area contributed by atoms with Crippen LogP contribution in [0.4, 0.5) is 24.5 Å². The standard InChI is InChI=1S/C18H18ClF3N2O5S/c1-24(30(4,26)27)14-9-16(29-3)15(28-2)8-11(14)17(25)23-13-7-10(18(20,21)22)5-6-12(13)19/h5-9H,1-4H3,(H,23,25). The van der Waals surface area contributed by atoms with Crippen LogP contribution in [0.1, 0.15) is 15.9 Å². The minimum atomic E-state index is -4.64. The van der Waals surface area contributed by atoms with Crippen LogP contribution in [0.3, 0.4) is 0 Å². The van der Waals surface area contributed by atoms with Crippen molar-refractivity contribution in [3.63, 3.8) is 0 Å². The molecule has 0 fully saturated rings. The summed E-state index contributed by atoms with van der Waals surface area (Å²) in [5.41, 5.74) is -1.56. The Morgan fingerprint density at radius 2 is 1.67 bits per heavy atom. The zero-order valence-electron chi connectivity index (χ0n) is 16.3. The summed E-state index contributed by atoms with van der Waals surface area (Å²) in [5.74, 6) is -0.636. The maximum atomic E-state index is 13.0. The first-order chi connectivity index (χ1) is 13.8. The average molecular weight is 467 g/mol. The number of amides is 1. The first kappa shape index (κ1) is 23.6. The van der Waals surface area contributed by atoms with Crippen molar-refractivity contribution < 1.29 is 35.9 Å². The molecule has 30 heavy (non-hydrogen) atoms. The number of carbonyl (C=O) groups excluding carboxylic acids is 1. The Morgan fingerprint density at radius 1 is 1.10 bits per heavy atom. The first-order valence-corrected chi connectivity index (χ1v) is 10.4. The van der Waals surface area contributed by atoms with E-state index < -0.39 is 27.7 Å². The Bertz CT molecular complexity index is 1070. The summed E-state index contributed by atoms with van der Waals surface area (Å²) in [6.07, 6.45) is -3.72. The lowest BCUT2D eigenvalue weighted by atomic mass is 10.1. The van der Waals surface area contributed by atoms with E-state index in [-0.39, 0.29) is 33.5 Å². The Balaban J connectivity index is 2.59. The maximum absolute atomic E-state index is 13.0. The molecule has 0 saturated carbocycles. The van der Waals surface area contributed by atoms with Crippen LogP contribution in [-0.4, -0.2) is 41.8 Å². The van der Waals surface area contributed by atoms with Gasteiger partial charge in [0.05, 0.1) is 48.0 Å². The zero-order valence-corrected chi connectivity index (χ0v) is 17.9. The summed E-state index contributed by atoms with van der Waals surface area (Å²) in [4.78, 5) is 12.9. The summed E-state index contributed by atoms with van der Waals surface area (Å²) in [6.45, 7) is 0. The number of ether oxygens (including phenoxy) is 2. The number of alkyl halides is 3. The van der Waals surface area contributed by atoms with E-state index in [1.54, 1.807) is 0 Å². The maximum Gasteiger partial charge on any atom is 0.416 e. The second-order valence-corrected chi connectivity index (χ2v) is 8.52. The molecule has 2 rings (SSSR count). The minimum Gasteiger partial charge on any atom is -0.493 e. The molecule has 0 bridgehead atoms. The number of sulfonamides is 1. The van der Waals surface area contributed by atoms with Crippen LogP contribution in [0.2, 0.25) is 5.02 Å². The number of carbonyl (C=O) groups is 1. The number of rotatable bonds is 6. The summed E-state index contributed by atoms with van der Waals surface area (Å²) >= 11 is 5.93. The van der Waals surface area contributed by atoms with Gasteiger partial charge in [-0.2, -0.15) is 13.2 Å². The summed E-state index contributed by atoms with van der Waals surface area (Å²) in [6, 6.07) is 4.94. The van der Waals surface area contributed by atoms with Gasteiger partial charge < -0.3 is 14.8 Å². The number of nitrogens with one attached hydrogen (secondary N) is 1. The molecule has 0 saturated heterocycles. The molecule has 0 spiro atoms. The Morgan fingerprint density at radius 3 is 2.17 bits per heavy atom. The van der Waals surface area contributed by atoms with Crippen LogP contribution in [0.5, 0.6) is 11.5 Å². The van der Waals surface area contributed by atoms with Gasteiger partial charge in [-0.25, -0.2) is 8.42 Å². The van der Waals surface area contributed by atoms with Crippen molar-refractivity contribution in [2.75, 3.05) is 37.1 Å². The number of nitrogens with zero attached hydrogens (tertiary/aromatic N) is 1. The Labute approximate surface area is 176 Å². The molecule has 1 N–H and O–H groups in total. The van der Waals surface area contributed by atoms with Crippen molar-refractivity contribution in [2.24, 2.45) is 0 Å². The summed E-state index contributed by atoms with van der Waals surface area (Å²) < 4.78 is 74.1. The number of methoxy groups -OCH3 is 2. The number of halogens is 4. The van der Waals surface area contributed by atoms with Crippen LogP contribution in [-0.2, 0) is 16.2 Å². The summed E-state index contributed by atoms with van der Waals surface area (Å²) in [7, 11) is 0.0638. The van der Waals surface area contributed by atoms with Gasteiger partial charge in [-0.3, -0.25) is 9.10 Å². The molecule has 164 valence electrons. The van der Waals surface area contributed by atoms with Crippen molar-refractivity contribution in [3.05, 3.63) is 46.5 Å². The lowest BCUT2D eigenvalue weighted by Gasteiger charge is -2.22. The highest BCUT2D eigenvalue weighted by atomic mass is 35.5. The van der Waals surface area contributed by atoms with Crippen LogP contribution in [0.25, 0.3) is 0 Å². The highest BCUT2D eigenvalue weighted by molar-refractivity contribution is 7.92. The Kier molecular flexibility index (Phi) is 6.77. The lowest BCUT2D eigenvalue weighted by molar-refractivity contribution is -0.137. The smallest absolute Gasteiger partial charge is 0.416 e. The number of benzene rings is 2. The topological polar surface area (TPSA) is 84.9 Å². The first-order valence-electron chi connectivity index (χ1n) is 8.17. The highest BCUT2D eigenvalue weighted by Crippen LogP contribution is 2.37. The molecule has 2 aromatic carbocycles. The molecule has 0 heterocycles. The quantitative estimate of drug-likeness (QED) is 0.695. The second kappa shape index (κ2) is 8.60. The monoisotopic (exact) mass is 466 g/mol. The van der Waals surface area contributed by atoms with E-state index in [4.69, 9.17) is 21.1 Å². The van der Waals surface area contributed by atoms with Crippen molar-refractivity contribution in [1.82, 2.24) is 0 Å². The largest absolute Gasteiger partial charge is 0.493 e. The third-order valence-electron chi connectivity index (χ3n) is 4.13. The minimum absolute atomic E-state index is 0.0734. The van der Waals surface area contributed by atoms with E-state index >= 15 is 0 Å². The molecule has 0 aromatic heterocycles. The zero-order chi connectivity index (χ0) is 22.9. The molecule has 0 atom stereocenters. The lowest BCUT2D eigenvalue weighted by Crippen LogP contribution is -2.28. The van der Waals surface area contributed by atoms with Gasteiger partial charge in [0.25, 0.3) is 5.91 Å². The van der Waals surface area contributed by atoms with Crippen LogP contribution < -0.4 is 19.1 Å². The molecular weight excluding hydrogens is 449 g/mol. The van der Waals surface area contributed by atoms with Crippen molar-refractivity contribution in [2.45, 2.75) is 6.18 Å². The molecule has 2 aromatic rings. The second-order valence-electron chi connectivity index (χ2n) is 6.10. The Hall–Kier alpha value is -2.66. The molecule has 1 amide bonds.